The Morgan fingerprint density at radius 1 is 1.00 bits per heavy atom. The standard InChI is InChI=1S/C23H28O8S/c1-23(22(24)27-2)29-15-19(16-30-23)14-18-6-8-20(9-7-18)28-13-12-17-4-10-21(11-5-17)31-32(3,25)26/h4-11,19H,12-16H2,1-3H3. The average molecular weight is 465 g/mol. The molecule has 0 unspecified atom stereocenters. The van der Waals surface area contributed by atoms with Crippen molar-refractivity contribution in [1.29, 1.82) is 0 Å². The highest BCUT2D eigenvalue weighted by atomic mass is 32.2. The normalized spacial score (nSPS) is 21.0. The van der Waals surface area contributed by atoms with Crippen LogP contribution in [-0.4, -0.2) is 53.4 Å². The van der Waals surface area contributed by atoms with E-state index in [0.717, 1.165) is 29.6 Å². The summed E-state index contributed by atoms with van der Waals surface area (Å²) in [4.78, 5) is 11.7. The molecule has 1 heterocycles. The molecule has 8 nitrogen and oxygen atoms in total. The van der Waals surface area contributed by atoms with Crippen LogP contribution in [0.25, 0.3) is 0 Å². The summed E-state index contributed by atoms with van der Waals surface area (Å²) >= 11 is 0. The summed E-state index contributed by atoms with van der Waals surface area (Å²) in [6, 6.07) is 14.7. The molecular formula is C23H28O8S. The van der Waals surface area contributed by atoms with E-state index in [1.54, 1.807) is 19.1 Å². The van der Waals surface area contributed by atoms with Crippen molar-refractivity contribution < 1.29 is 36.3 Å². The Morgan fingerprint density at radius 3 is 2.12 bits per heavy atom. The van der Waals surface area contributed by atoms with Gasteiger partial charge in [-0.05, 0) is 41.8 Å². The van der Waals surface area contributed by atoms with Crippen LogP contribution in [0.2, 0.25) is 0 Å². The Hall–Kier alpha value is -2.62. The second-order valence-electron chi connectivity index (χ2n) is 7.80. The van der Waals surface area contributed by atoms with E-state index in [4.69, 9.17) is 23.1 Å². The van der Waals surface area contributed by atoms with Gasteiger partial charge in [-0.15, -0.1) is 0 Å². The highest BCUT2D eigenvalue weighted by molar-refractivity contribution is 7.86. The topological polar surface area (TPSA) is 97.4 Å². The predicted molar refractivity (Wildman–Crippen MR) is 117 cm³/mol. The second-order valence-corrected chi connectivity index (χ2v) is 9.38. The summed E-state index contributed by atoms with van der Waals surface area (Å²) in [6.45, 7) is 2.89. The Bertz CT molecular complexity index is 991. The number of carbonyl (C=O) groups is 1. The van der Waals surface area contributed by atoms with Crippen LogP contribution in [0, 0.1) is 5.92 Å². The zero-order valence-electron chi connectivity index (χ0n) is 18.4. The van der Waals surface area contributed by atoms with E-state index in [-0.39, 0.29) is 11.7 Å². The van der Waals surface area contributed by atoms with E-state index < -0.39 is 21.9 Å². The summed E-state index contributed by atoms with van der Waals surface area (Å²) in [5.74, 6) is -0.661. The van der Waals surface area contributed by atoms with Crippen LogP contribution in [0.3, 0.4) is 0 Å². The molecular weight excluding hydrogens is 436 g/mol. The number of hydrogen-bond donors (Lipinski definition) is 0. The first kappa shape index (κ1) is 24.0. The van der Waals surface area contributed by atoms with E-state index in [2.05, 4.69) is 0 Å². The maximum Gasteiger partial charge on any atom is 0.366 e. The van der Waals surface area contributed by atoms with Crippen molar-refractivity contribution in [2.24, 2.45) is 5.92 Å². The van der Waals surface area contributed by atoms with Gasteiger partial charge in [0.1, 0.15) is 11.5 Å². The summed E-state index contributed by atoms with van der Waals surface area (Å²) in [6.07, 6.45) is 2.45. The molecule has 2 aromatic carbocycles. The number of ether oxygens (including phenoxy) is 4. The Labute approximate surface area is 188 Å². The molecule has 9 heteroatoms. The van der Waals surface area contributed by atoms with Crippen molar-refractivity contribution in [1.82, 2.24) is 0 Å². The fourth-order valence-electron chi connectivity index (χ4n) is 3.29. The van der Waals surface area contributed by atoms with Crippen LogP contribution in [0.15, 0.2) is 48.5 Å². The molecule has 0 bridgehead atoms. The van der Waals surface area contributed by atoms with Crippen molar-refractivity contribution in [3.05, 3.63) is 59.7 Å². The molecule has 0 amide bonds. The minimum atomic E-state index is -3.52. The summed E-state index contributed by atoms with van der Waals surface area (Å²) in [5, 5.41) is 0. The van der Waals surface area contributed by atoms with E-state index in [0.29, 0.717) is 26.2 Å². The molecule has 0 aromatic heterocycles. The third kappa shape index (κ3) is 6.94. The highest BCUT2D eigenvalue weighted by Gasteiger charge is 2.41. The molecule has 1 aliphatic heterocycles. The third-order valence-corrected chi connectivity index (χ3v) is 5.52. The molecule has 0 radical (unpaired) electrons. The lowest BCUT2D eigenvalue weighted by molar-refractivity contribution is -0.272. The molecule has 0 N–H and O–H groups in total. The van der Waals surface area contributed by atoms with Crippen LogP contribution in [0.5, 0.6) is 11.5 Å². The smallest absolute Gasteiger partial charge is 0.366 e. The van der Waals surface area contributed by atoms with E-state index in [1.165, 1.54) is 7.11 Å². The number of benzene rings is 2. The molecule has 1 aliphatic rings. The van der Waals surface area contributed by atoms with Gasteiger partial charge in [0.2, 0.25) is 0 Å². The molecule has 32 heavy (non-hydrogen) atoms. The van der Waals surface area contributed by atoms with Gasteiger partial charge in [0.25, 0.3) is 5.79 Å². The van der Waals surface area contributed by atoms with Gasteiger partial charge >= 0.3 is 16.1 Å². The van der Waals surface area contributed by atoms with Gasteiger partial charge in [-0.25, -0.2) is 4.79 Å². The zero-order chi connectivity index (χ0) is 23.2. The SMILES string of the molecule is COC(=O)C1(C)OCC(Cc2ccc(OCCc3ccc(OS(C)(=O)=O)cc3)cc2)CO1. The van der Waals surface area contributed by atoms with Crippen LogP contribution in [-0.2, 0) is 42.0 Å². The van der Waals surface area contributed by atoms with Gasteiger partial charge in [-0.3, -0.25) is 0 Å². The highest BCUT2D eigenvalue weighted by Crippen LogP contribution is 2.25. The number of rotatable bonds is 9. The van der Waals surface area contributed by atoms with E-state index in [9.17, 15) is 13.2 Å². The lowest BCUT2D eigenvalue weighted by Crippen LogP contribution is -2.48. The fourth-order valence-corrected chi connectivity index (χ4v) is 3.75. The Kier molecular flexibility index (Phi) is 7.76. The van der Waals surface area contributed by atoms with Crippen molar-refractivity contribution in [3.63, 3.8) is 0 Å². The third-order valence-electron chi connectivity index (χ3n) is 5.02. The molecule has 0 saturated carbocycles. The summed E-state index contributed by atoms with van der Waals surface area (Å²) in [5.41, 5.74) is 2.14. The van der Waals surface area contributed by atoms with Gasteiger partial charge in [-0.1, -0.05) is 24.3 Å². The molecule has 0 spiro atoms. The molecule has 3 rings (SSSR count). The number of esters is 1. The van der Waals surface area contributed by atoms with Crippen molar-refractivity contribution in [2.75, 3.05) is 33.2 Å². The van der Waals surface area contributed by atoms with Gasteiger partial charge in [0.15, 0.2) is 0 Å². The first-order valence-corrected chi connectivity index (χ1v) is 12.0. The summed E-state index contributed by atoms with van der Waals surface area (Å²) in [7, 11) is -2.22. The van der Waals surface area contributed by atoms with Gasteiger partial charge in [0.05, 0.1) is 33.2 Å². The lowest BCUT2D eigenvalue weighted by atomic mass is 9.99. The average Bonchev–Trinajstić information content (AvgIpc) is 2.76. The lowest BCUT2D eigenvalue weighted by Gasteiger charge is -2.35. The minimum Gasteiger partial charge on any atom is -0.493 e. The maximum absolute atomic E-state index is 11.7. The van der Waals surface area contributed by atoms with Crippen molar-refractivity contribution in [3.8, 4) is 11.5 Å². The van der Waals surface area contributed by atoms with E-state index >= 15 is 0 Å². The van der Waals surface area contributed by atoms with E-state index in [1.807, 2.05) is 36.4 Å². The molecule has 1 fully saturated rings. The molecule has 2 aromatic rings. The number of carbonyl (C=O) groups excluding carboxylic acids is 1. The van der Waals surface area contributed by atoms with Crippen molar-refractivity contribution >= 4 is 16.1 Å². The Balaban J connectivity index is 1.42. The Morgan fingerprint density at radius 2 is 1.56 bits per heavy atom. The maximum atomic E-state index is 11.7. The van der Waals surface area contributed by atoms with Gasteiger partial charge in [0, 0.05) is 19.3 Å². The largest absolute Gasteiger partial charge is 0.493 e. The second kappa shape index (κ2) is 10.3. The quantitative estimate of drug-likeness (QED) is 0.413. The van der Waals surface area contributed by atoms with Crippen LogP contribution < -0.4 is 8.92 Å². The molecule has 174 valence electrons. The first-order chi connectivity index (χ1) is 15.2. The monoisotopic (exact) mass is 464 g/mol. The van der Waals surface area contributed by atoms with Crippen LogP contribution >= 0.6 is 0 Å². The molecule has 0 aliphatic carbocycles. The van der Waals surface area contributed by atoms with Gasteiger partial charge in [-0.2, -0.15) is 8.42 Å². The van der Waals surface area contributed by atoms with Crippen LogP contribution in [0.4, 0.5) is 0 Å². The first-order valence-electron chi connectivity index (χ1n) is 10.2. The van der Waals surface area contributed by atoms with Gasteiger partial charge < -0.3 is 23.1 Å². The molecule has 1 saturated heterocycles. The minimum absolute atomic E-state index is 0.147. The predicted octanol–water partition coefficient (Wildman–Crippen LogP) is 2.74. The summed E-state index contributed by atoms with van der Waals surface area (Å²) < 4.78 is 48.8. The fraction of sp³-hybridized carbons (Fsp3) is 0.435. The zero-order valence-corrected chi connectivity index (χ0v) is 19.2. The molecule has 0 atom stereocenters. The number of hydrogen-bond acceptors (Lipinski definition) is 8. The van der Waals surface area contributed by atoms with Crippen molar-refractivity contribution in [2.45, 2.75) is 25.6 Å². The van der Waals surface area contributed by atoms with Crippen LogP contribution in [0.1, 0.15) is 18.1 Å². The number of methoxy groups -OCH3 is 1.